The Bertz CT molecular complexity index is 1020. The highest BCUT2D eigenvalue weighted by molar-refractivity contribution is 5.88. The number of aryl methyl sites for hydroxylation is 1. The minimum absolute atomic E-state index is 0. The number of fused-ring (bicyclic) bond motifs is 1. The molecule has 0 aliphatic carbocycles. The van der Waals surface area contributed by atoms with Crippen molar-refractivity contribution in [3.05, 3.63) is 54.5 Å². The quantitative estimate of drug-likeness (QED) is 0.606. The summed E-state index contributed by atoms with van der Waals surface area (Å²) >= 11 is 0. The first kappa shape index (κ1) is 16.9. The summed E-state index contributed by atoms with van der Waals surface area (Å²) in [5.41, 5.74) is 5.67. The van der Waals surface area contributed by atoms with Crippen LogP contribution in [0.2, 0.25) is 0 Å². The van der Waals surface area contributed by atoms with Gasteiger partial charge in [0, 0.05) is 40.0 Å². The van der Waals surface area contributed by atoms with Gasteiger partial charge in [0.05, 0.1) is 24.5 Å². The third kappa shape index (κ3) is 3.16. The number of pyridine rings is 1. The minimum atomic E-state index is 0. The van der Waals surface area contributed by atoms with Crippen LogP contribution < -0.4 is 4.74 Å². The van der Waals surface area contributed by atoms with Crippen molar-refractivity contribution in [2.75, 3.05) is 7.11 Å². The first-order valence-electron chi connectivity index (χ1n) is 7.53. The molecule has 0 aliphatic rings. The van der Waals surface area contributed by atoms with Crippen molar-refractivity contribution in [1.82, 2.24) is 25.4 Å². The molecule has 7 heteroatoms. The molecule has 0 spiro atoms. The van der Waals surface area contributed by atoms with Gasteiger partial charge in [0.2, 0.25) is 5.88 Å². The van der Waals surface area contributed by atoms with E-state index in [1.807, 2.05) is 43.5 Å². The average molecular weight is 354 g/mol. The number of methoxy groups -OCH3 is 1. The molecule has 3 aromatic heterocycles. The van der Waals surface area contributed by atoms with E-state index in [2.05, 4.69) is 26.5 Å². The fraction of sp³-hybridized carbons (Fsp3) is 0.111. The first-order valence-corrected chi connectivity index (χ1v) is 7.53. The molecule has 0 aliphatic heterocycles. The Morgan fingerprint density at radius 2 is 1.88 bits per heavy atom. The third-order valence-electron chi connectivity index (χ3n) is 3.89. The molecule has 0 bridgehead atoms. The lowest BCUT2D eigenvalue weighted by Crippen LogP contribution is -1.94. The number of H-pyrrole nitrogens is 1. The van der Waals surface area contributed by atoms with Crippen LogP contribution in [0.15, 0.2) is 48.8 Å². The summed E-state index contributed by atoms with van der Waals surface area (Å²) in [5.74, 6) is 0.503. The molecule has 1 N–H and O–H groups in total. The smallest absolute Gasteiger partial charge is 0.233 e. The van der Waals surface area contributed by atoms with Gasteiger partial charge >= 0.3 is 0 Å². The summed E-state index contributed by atoms with van der Waals surface area (Å²) in [6.07, 6.45) is 3.66. The third-order valence-corrected chi connectivity index (χ3v) is 3.89. The van der Waals surface area contributed by atoms with Crippen LogP contribution in [0.5, 0.6) is 5.88 Å². The lowest BCUT2D eigenvalue weighted by molar-refractivity contribution is 0.393. The molecule has 0 atom stereocenters. The van der Waals surface area contributed by atoms with Crippen LogP contribution in [-0.2, 0) is 0 Å². The van der Waals surface area contributed by atoms with Crippen molar-refractivity contribution in [1.29, 1.82) is 0 Å². The lowest BCUT2D eigenvalue weighted by atomic mass is 10.00. The van der Waals surface area contributed by atoms with Gasteiger partial charge in [0.1, 0.15) is 0 Å². The van der Waals surface area contributed by atoms with E-state index in [1.165, 1.54) is 0 Å². The number of nitrogens with zero attached hydrogens (tertiary/aromatic N) is 4. The highest BCUT2D eigenvalue weighted by Crippen LogP contribution is 2.31. The number of hydrogen-bond donors (Lipinski definition) is 1. The highest BCUT2D eigenvalue weighted by Gasteiger charge is 2.12. The highest BCUT2D eigenvalue weighted by atomic mass is 35.5. The fourth-order valence-electron chi connectivity index (χ4n) is 2.67. The molecule has 0 unspecified atom stereocenters. The molecule has 0 fully saturated rings. The Hall–Kier alpha value is -2.99. The molecule has 4 rings (SSSR count). The van der Waals surface area contributed by atoms with E-state index in [4.69, 9.17) is 9.72 Å². The Balaban J connectivity index is 0.00000182. The number of aromatic nitrogens is 5. The Morgan fingerprint density at radius 1 is 1.00 bits per heavy atom. The number of hydrogen-bond acceptors (Lipinski definition) is 5. The Kier molecular flexibility index (Phi) is 4.63. The molecule has 126 valence electrons. The fourth-order valence-corrected chi connectivity index (χ4v) is 2.67. The number of aromatic amines is 1. The van der Waals surface area contributed by atoms with E-state index < -0.39 is 0 Å². The van der Waals surface area contributed by atoms with Gasteiger partial charge in [-0.3, -0.25) is 10.1 Å². The molecule has 0 radical (unpaired) electrons. The van der Waals surface area contributed by atoms with Crippen molar-refractivity contribution < 1.29 is 4.74 Å². The van der Waals surface area contributed by atoms with Crippen molar-refractivity contribution in [2.24, 2.45) is 0 Å². The van der Waals surface area contributed by atoms with Gasteiger partial charge in [-0.2, -0.15) is 5.10 Å². The second-order valence-corrected chi connectivity index (χ2v) is 5.50. The maximum absolute atomic E-state index is 5.12. The van der Waals surface area contributed by atoms with Crippen LogP contribution in [-0.4, -0.2) is 32.5 Å². The van der Waals surface area contributed by atoms with Crippen molar-refractivity contribution in [3.8, 4) is 28.3 Å². The van der Waals surface area contributed by atoms with Crippen LogP contribution in [0.25, 0.3) is 33.3 Å². The molecule has 25 heavy (non-hydrogen) atoms. The van der Waals surface area contributed by atoms with E-state index in [9.17, 15) is 0 Å². The van der Waals surface area contributed by atoms with Crippen molar-refractivity contribution in [3.63, 3.8) is 0 Å². The van der Waals surface area contributed by atoms with E-state index in [1.54, 1.807) is 13.3 Å². The minimum Gasteiger partial charge on any atom is -0.480 e. The topological polar surface area (TPSA) is 76.6 Å². The lowest BCUT2D eigenvalue weighted by Gasteiger charge is -2.09. The number of nitrogens with one attached hydrogen (secondary N) is 1. The van der Waals surface area contributed by atoms with Crippen molar-refractivity contribution >= 4 is 23.3 Å². The largest absolute Gasteiger partial charge is 0.480 e. The first-order chi connectivity index (χ1) is 11.7. The molecule has 0 amide bonds. The number of rotatable bonds is 3. The SMILES string of the molecule is COc1cc2ccc(-c3nc(C)ccc3-c3cn[nH]c3)cc2nn1.Cl. The summed E-state index contributed by atoms with van der Waals surface area (Å²) in [7, 11) is 1.58. The standard InChI is InChI=1S/C18H15N5O.ClH/c1-11-3-6-15(14-9-19-20-10-14)18(21-11)13-5-4-12-8-17(24-2)23-22-16(12)7-13;/h3-10H,1-2H3,(H,19,20);1H. The van der Waals surface area contributed by atoms with Crippen LogP contribution in [0.3, 0.4) is 0 Å². The van der Waals surface area contributed by atoms with Gasteiger partial charge in [-0.1, -0.05) is 18.2 Å². The molecule has 0 saturated carbocycles. The maximum Gasteiger partial charge on any atom is 0.233 e. The van der Waals surface area contributed by atoms with E-state index in [-0.39, 0.29) is 12.4 Å². The number of ether oxygens (including phenoxy) is 1. The zero-order chi connectivity index (χ0) is 16.5. The predicted molar refractivity (Wildman–Crippen MR) is 98.9 cm³/mol. The molecule has 1 aromatic carbocycles. The molecule has 4 aromatic rings. The van der Waals surface area contributed by atoms with Gasteiger partial charge < -0.3 is 4.74 Å². The van der Waals surface area contributed by atoms with Gasteiger partial charge in [-0.25, -0.2) is 0 Å². The monoisotopic (exact) mass is 353 g/mol. The maximum atomic E-state index is 5.12. The molecule has 0 saturated heterocycles. The van der Waals surface area contributed by atoms with Gasteiger partial charge in [-0.15, -0.1) is 22.6 Å². The van der Waals surface area contributed by atoms with Gasteiger partial charge in [0.25, 0.3) is 0 Å². The summed E-state index contributed by atoms with van der Waals surface area (Å²) in [6.45, 7) is 1.98. The predicted octanol–water partition coefficient (Wildman–Crippen LogP) is 3.82. The average Bonchev–Trinajstić information content (AvgIpc) is 3.15. The second-order valence-electron chi connectivity index (χ2n) is 5.50. The van der Waals surface area contributed by atoms with E-state index in [0.717, 1.165) is 39.0 Å². The zero-order valence-corrected chi connectivity index (χ0v) is 14.5. The molecular formula is C18H16ClN5O. The van der Waals surface area contributed by atoms with Crippen LogP contribution in [0.4, 0.5) is 0 Å². The van der Waals surface area contributed by atoms with Gasteiger partial charge in [-0.05, 0) is 19.1 Å². The summed E-state index contributed by atoms with van der Waals surface area (Å²) in [6, 6.07) is 12.0. The molecular weight excluding hydrogens is 338 g/mol. The number of benzene rings is 1. The number of halogens is 1. The van der Waals surface area contributed by atoms with E-state index >= 15 is 0 Å². The molecule has 3 heterocycles. The summed E-state index contributed by atoms with van der Waals surface area (Å²) in [5, 5.41) is 16.1. The second kappa shape index (κ2) is 6.86. The van der Waals surface area contributed by atoms with Gasteiger partial charge in [0.15, 0.2) is 0 Å². The van der Waals surface area contributed by atoms with E-state index in [0.29, 0.717) is 5.88 Å². The van der Waals surface area contributed by atoms with Crippen LogP contribution >= 0.6 is 12.4 Å². The van der Waals surface area contributed by atoms with Crippen molar-refractivity contribution in [2.45, 2.75) is 6.92 Å². The normalized spacial score (nSPS) is 10.5. The Morgan fingerprint density at radius 3 is 2.64 bits per heavy atom. The Labute approximate surface area is 150 Å². The molecule has 6 nitrogen and oxygen atoms in total. The zero-order valence-electron chi connectivity index (χ0n) is 13.7. The summed E-state index contributed by atoms with van der Waals surface area (Å²) < 4.78 is 5.12. The van der Waals surface area contributed by atoms with Crippen LogP contribution in [0.1, 0.15) is 5.69 Å². The van der Waals surface area contributed by atoms with Crippen LogP contribution in [0, 0.1) is 6.92 Å². The summed E-state index contributed by atoms with van der Waals surface area (Å²) in [4.78, 5) is 4.73.